The van der Waals surface area contributed by atoms with E-state index in [0.29, 0.717) is 17.3 Å². The number of ether oxygens (including phenoxy) is 1. The molecule has 0 aliphatic rings. The zero-order chi connectivity index (χ0) is 13.0. The molecule has 3 N–H and O–H groups in total. The summed E-state index contributed by atoms with van der Waals surface area (Å²) >= 11 is 0. The van der Waals surface area contributed by atoms with Gasteiger partial charge in [0.05, 0.1) is 19.9 Å². The number of hydrogen-bond acceptors (Lipinski definition) is 5. The van der Waals surface area contributed by atoms with Gasteiger partial charge in [-0.15, -0.1) is 0 Å². The van der Waals surface area contributed by atoms with E-state index in [1.165, 1.54) is 6.20 Å². The predicted molar refractivity (Wildman–Crippen MR) is 65.3 cm³/mol. The SMILES string of the molecule is COc1cccc(NC(=O)c2cnc(CN)o2)c1. The Morgan fingerprint density at radius 1 is 1.56 bits per heavy atom. The third kappa shape index (κ3) is 2.67. The summed E-state index contributed by atoms with van der Waals surface area (Å²) in [6.07, 6.45) is 1.34. The lowest BCUT2D eigenvalue weighted by molar-refractivity contribution is 0.0995. The van der Waals surface area contributed by atoms with Crippen molar-refractivity contribution in [1.82, 2.24) is 4.98 Å². The van der Waals surface area contributed by atoms with E-state index in [1.54, 1.807) is 31.4 Å². The van der Waals surface area contributed by atoms with Gasteiger partial charge in [-0.05, 0) is 12.1 Å². The molecule has 0 radical (unpaired) electrons. The van der Waals surface area contributed by atoms with Gasteiger partial charge in [-0.1, -0.05) is 6.07 Å². The fourth-order valence-electron chi connectivity index (χ4n) is 1.40. The van der Waals surface area contributed by atoms with E-state index >= 15 is 0 Å². The standard InChI is InChI=1S/C12H13N3O3/c1-17-9-4-2-3-8(5-9)15-12(16)10-7-14-11(6-13)18-10/h2-5,7H,6,13H2,1H3,(H,15,16). The average molecular weight is 247 g/mol. The minimum atomic E-state index is -0.379. The molecule has 0 spiro atoms. The largest absolute Gasteiger partial charge is 0.497 e. The highest BCUT2D eigenvalue weighted by atomic mass is 16.5. The fourth-order valence-corrected chi connectivity index (χ4v) is 1.40. The summed E-state index contributed by atoms with van der Waals surface area (Å²) in [5, 5.41) is 2.68. The first-order valence-corrected chi connectivity index (χ1v) is 5.33. The molecule has 0 aliphatic carbocycles. The van der Waals surface area contributed by atoms with E-state index in [9.17, 15) is 4.79 Å². The Kier molecular flexibility index (Phi) is 3.59. The first-order chi connectivity index (χ1) is 8.72. The molecule has 2 aromatic rings. The second-order valence-electron chi connectivity index (χ2n) is 3.51. The molecular formula is C12H13N3O3. The second kappa shape index (κ2) is 5.33. The summed E-state index contributed by atoms with van der Waals surface area (Å²) in [6, 6.07) is 7.02. The molecule has 1 aromatic carbocycles. The van der Waals surface area contributed by atoms with Crippen molar-refractivity contribution in [3.05, 3.63) is 42.1 Å². The van der Waals surface area contributed by atoms with E-state index in [2.05, 4.69) is 10.3 Å². The maximum absolute atomic E-state index is 11.8. The van der Waals surface area contributed by atoms with Crippen LogP contribution in [-0.4, -0.2) is 18.0 Å². The van der Waals surface area contributed by atoms with Crippen molar-refractivity contribution >= 4 is 11.6 Å². The quantitative estimate of drug-likeness (QED) is 0.852. The summed E-state index contributed by atoms with van der Waals surface area (Å²) in [5.74, 6) is 0.729. The van der Waals surface area contributed by atoms with Crippen LogP contribution in [0.25, 0.3) is 0 Å². The number of carbonyl (C=O) groups is 1. The summed E-state index contributed by atoms with van der Waals surface area (Å²) in [6.45, 7) is 0.159. The number of hydrogen-bond donors (Lipinski definition) is 2. The molecule has 0 atom stereocenters. The lowest BCUT2D eigenvalue weighted by atomic mass is 10.3. The van der Waals surface area contributed by atoms with Gasteiger partial charge < -0.3 is 20.2 Å². The number of methoxy groups -OCH3 is 1. The van der Waals surface area contributed by atoms with Crippen molar-refractivity contribution in [2.24, 2.45) is 5.73 Å². The zero-order valence-electron chi connectivity index (χ0n) is 9.84. The summed E-state index contributed by atoms with van der Waals surface area (Å²) in [4.78, 5) is 15.7. The minimum absolute atomic E-state index is 0.123. The molecule has 6 nitrogen and oxygen atoms in total. The smallest absolute Gasteiger partial charge is 0.293 e. The van der Waals surface area contributed by atoms with Crippen molar-refractivity contribution in [3.63, 3.8) is 0 Å². The molecule has 94 valence electrons. The normalized spacial score (nSPS) is 10.1. The van der Waals surface area contributed by atoms with Gasteiger partial charge in [-0.25, -0.2) is 4.98 Å². The molecule has 0 unspecified atom stereocenters. The number of amides is 1. The average Bonchev–Trinajstić information content (AvgIpc) is 2.88. The first-order valence-electron chi connectivity index (χ1n) is 5.33. The maximum Gasteiger partial charge on any atom is 0.293 e. The van der Waals surface area contributed by atoms with Crippen LogP contribution in [0, 0.1) is 0 Å². The second-order valence-corrected chi connectivity index (χ2v) is 3.51. The molecule has 2 rings (SSSR count). The van der Waals surface area contributed by atoms with Crippen molar-refractivity contribution in [1.29, 1.82) is 0 Å². The lowest BCUT2D eigenvalue weighted by Gasteiger charge is -2.04. The Balaban J connectivity index is 2.10. The third-order valence-corrected chi connectivity index (χ3v) is 2.28. The fraction of sp³-hybridized carbons (Fsp3) is 0.167. The molecule has 0 aliphatic heterocycles. The van der Waals surface area contributed by atoms with E-state index in [1.807, 2.05) is 0 Å². The number of anilines is 1. The van der Waals surface area contributed by atoms with Gasteiger partial charge in [-0.3, -0.25) is 4.79 Å². The van der Waals surface area contributed by atoms with Crippen LogP contribution in [0.4, 0.5) is 5.69 Å². The Bertz CT molecular complexity index is 551. The van der Waals surface area contributed by atoms with Gasteiger partial charge >= 0.3 is 0 Å². The van der Waals surface area contributed by atoms with E-state index in [4.69, 9.17) is 14.9 Å². The molecular weight excluding hydrogens is 234 g/mol. The molecule has 0 saturated carbocycles. The van der Waals surface area contributed by atoms with Gasteiger partial charge in [0.15, 0.2) is 0 Å². The first kappa shape index (κ1) is 12.1. The molecule has 6 heteroatoms. The van der Waals surface area contributed by atoms with Gasteiger partial charge in [0.1, 0.15) is 5.75 Å². The lowest BCUT2D eigenvalue weighted by Crippen LogP contribution is -2.10. The van der Waals surface area contributed by atoms with Crippen LogP contribution in [-0.2, 0) is 6.54 Å². The molecule has 18 heavy (non-hydrogen) atoms. The zero-order valence-corrected chi connectivity index (χ0v) is 9.84. The number of nitrogens with zero attached hydrogens (tertiary/aromatic N) is 1. The van der Waals surface area contributed by atoms with Crippen molar-refractivity contribution in [2.45, 2.75) is 6.54 Å². The number of oxazole rings is 1. The molecule has 0 fully saturated rings. The highest BCUT2D eigenvalue weighted by molar-refractivity contribution is 6.02. The predicted octanol–water partition coefficient (Wildman–Crippen LogP) is 1.39. The molecule has 0 saturated heterocycles. The highest BCUT2D eigenvalue weighted by Gasteiger charge is 2.12. The van der Waals surface area contributed by atoms with E-state index in [0.717, 1.165) is 0 Å². The van der Waals surface area contributed by atoms with Gasteiger partial charge in [0.2, 0.25) is 11.7 Å². The maximum atomic E-state index is 11.8. The number of benzene rings is 1. The Morgan fingerprint density at radius 3 is 3.06 bits per heavy atom. The van der Waals surface area contributed by atoms with Crippen LogP contribution in [0.2, 0.25) is 0 Å². The summed E-state index contributed by atoms with van der Waals surface area (Å²) < 4.78 is 10.2. The van der Waals surface area contributed by atoms with Crippen molar-refractivity contribution in [3.8, 4) is 5.75 Å². The monoisotopic (exact) mass is 247 g/mol. The van der Waals surface area contributed by atoms with Gasteiger partial charge in [0.25, 0.3) is 5.91 Å². The van der Waals surface area contributed by atoms with Crippen LogP contribution in [0.3, 0.4) is 0 Å². The number of carbonyl (C=O) groups excluding carboxylic acids is 1. The number of nitrogens with two attached hydrogens (primary N) is 1. The van der Waals surface area contributed by atoms with Crippen molar-refractivity contribution in [2.75, 3.05) is 12.4 Å². The molecule has 1 amide bonds. The number of aromatic nitrogens is 1. The number of rotatable bonds is 4. The molecule has 0 bridgehead atoms. The minimum Gasteiger partial charge on any atom is -0.497 e. The molecule has 1 aromatic heterocycles. The van der Waals surface area contributed by atoms with Crippen LogP contribution in [0.15, 0.2) is 34.9 Å². The van der Waals surface area contributed by atoms with Crippen LogP contribution in [0.5, 0.6) is 5.75 Å². The Morgan fingerprint density at radius 2 is 2.39 bits per heavy atom. The van der Waals surface area contributed by atoms with Gasteiger partial charge in [-0.2, -0.15) is 0 Å². The van der Waals surface area contributed by atoms with Crippen LogP contribution in [0.1, 0.15) is 16.4 Å². The third-order valence-electron chi connectivity index (χ3n) is 2.28. The van der Waals surface area contributed by atoms with E-state index < -0.39 is 0 Å². The Labute approximate surface area is 104 Å². The number of nitrogens with one attached hydrogen (secondary N) is 1. The Hall–Kier alpha value is -2.34. The summed E-state index contributed by atoms with van der Waals surface area (Å²) in [7, 11) is 1.56. The van der Waals surface area contributed by atoms with Crippen LogP contribution < -0.4 is 15.8 Å². The highest BCUT2D eigenvalue weighted by Crippen LogP contribution is 2.17. The topological polar surface area (TPSA) is 90.4 Å². The summed E-state index contributed by atoms with van der Waals surface area (Å²) in [5.41, 5.74) is 5.97. The van der Waals surface area contributed by atoms with Crippen LogP contribution >= 0.6 is 0 Å². The van der Waals surface area contributed by atoms with Crippen molar-refractivity contribution < 1.29 is 13.9 Å². The van der Waals surface area contributed by atoms with E-state index in [-0.39, 0.29) is 18.2 Å². The molecule has 1 heterocycles. The van der Waals surface area contributed by atoms with Gasteiger partial charge in [0, 0.05) is 11.8 Å².